The fourth-order valence-electron chi connectivity index (χ4n) is 2.60. The lowest BCUT2D eigenvalue weighted by atomic mass is 10.2. The van der Waals surface area contributed by atoms with E-state index in [9.17, 15) is 0 Å². The molecule has 1 saturated heterocycles. The molecule has 1 aromatic carbocycles. The van der Waals surface area contributed by atoms with E-state index < -0.39 is 0 Å². The fraction of sp³-hybridized carbons (Fsp3) is 0.389. The summed E-state index contributed by atoms with van der Waals surface area (Å²) in [6.45, 7) is 5.63. The molecule has 0 radical (unpaired) electrons. The molecule has 0 amide bonds. The van der Waals surface area contributed by atoms with Crippen molar-refractivity contribution in [3.8, 4) is 11.8 Å². The number of hydrogen-bond acceptors (Lipinski definition) is 7. The first-order valence-corrected chi connectivity index (χ1v) is 8.32. The van der Waals surface area contributed by atoms with E-state index in [0.29, 0.717) is 24.7 Å². The number of nitrogens with one attached hydrogen (secondary N) is 1. The number of anilines is 1. The maximum atomic E-state index is 9.04. The molecule has 2 aromatic rings. The zero-order chi connectivity index (χ0) is 17.3. The van der Waals surface area contributed by atoms with Gasteiger partial charge in [0.1, 0.15) is 18.4 Å². The molecule has 1 fully saturated rings. The predicted octanol–water partition coefficient (Wildman–Crippen LogP) is 1.67. The maximum absolute atomic E-state index is 9.04. The van der Waals surface area contributed by atoms with Crippen LogP contribution >= 0.6 is 0 Å². The van der Waals surface area contributed by atoms with Gasteiger partial charge in [0.2, 0.25) is 0 Å². The average Bonchev–Trinajstić information content (AvgIpc) is 2.68. The van der Waals surface area contributed by atoms with Gasteiger partial charge in [-0.3, -0.25) is 4.90 Å². The van der Waals surface area contributed by atoms with Gasteiger partial charge in [-0.25, -0.2) is 9.97 Å². The molecule has 1 aromatic heterocycles. The van der Waals surface area contributed by atoms with E-state index in [1.165, 1.54) is 6.20 Å². The Morgan fingerprint density at radius 2 is 2.08 bits per heavy atom. The number of nitriles is 1. The van der Waals surface area contributed by atoms with Gasteiger partial charge in [-0.05, 0) is 17.7 Å². The first-order valence-electron chi connectivity index (χ1n) is 8.32. The van der Waals surface area contributed by atoms with Gasteiger partial charge in [0.05, 0.1) is 13.2 Å². The maximum Gasteiger partial charge on any atom is 0.182 e. The van der Waals surface area contributed by atoms with Gasteiger partial charge in [-0.1, -0.05) is 12.1 Å². The van der Waals surface area contributed by atoms with E-state index in [0.717, 1.165) is 44.2 Å². The molecule has 1 N–H and O–H groups in total. The van der Waals surface area contributed by atoms with Crippen molar-refractivity contribution >= 4 is 5.82 Å². The second kappa shape index (κ2) is 8.97. The highest BCUT2D eigenvalue weighted by Gasteiger charge is 2.10. The van der Waals surface area contributed by atoms with Gasteiger partial charge in [0.15, 0.2) is 11.5 Å². The van der Waals surface area contributed by atoms with E-state index in [-0.39, 0.29) is 0 Å². The average molecular weight is 339 g/mol. The number of rotatable bonds is 7. The van der Waals surface area contributed by atoms with Crippen LogP contribution in [0.2, 0.25) is 0 Å². The van der Waals surface area contributed by atoms with Crippen LogP contribution in [0, 0.1) is 11.3 Å². The van der Waals surface area contributed by atoms with Crippen molar-refractivity contribution in [1.82, 2.24) is 14.9 Å². The Bertz CT molecular complexity index is 725. The third kappa shape index (κ3) is 5.14. The summed E-state index contributed by atoms with van der Waals surface area (Å²) in [5.74, 6) is 1.33. The normalized spacial score (nSPS) is 14.7. The van der Waals surface area contributed by atoms with Gasteiger partial charge < -0.3 is 14.8 Å². The SMILES string of the molecule is N#Cc1nccnc1NCc1cccc(OCCN2CCOCC2)c1. The molecule has 1 aliphatic heterocycles. The Labute approximate surface area is 147 Å². The fourth-order valence-corrected chi connectivity index (χ4v) is 2.60. The molecular weight excluding hydrogens is 318 g/mol. The summed E-state index contributed by atoms with van der Waals surface area (Å²) in [5, 5.41) is 12.2. The summed E-state index contributed by atoms with van der Waals surface area (Å²) in [6.07, 6.45) is 3.07. The van der Waals surface area contributed by atoms with Crippen LogP contribution in [0.15, 0.2) is 36.7 Å². The minimum Gasteiger partial charge on any atom is -0.492 e. The van der Waals surface area contributed by atoms with Crippen molar-refractivity contribution in [2.24, 2.45) is 0 Å². The Morgan fingerprint density at radius 3 is 2.92 bits per heavy atom. The lowest BCUT2D eigenvalue weighted by Crippen LogP contribution is -2.38. The van der Waals surface area contributed by atoms with Crippen molar-refractivity contribution in [3.05, 3.63) is 47.9 Å². The van der Waals surface area contributed by atoms with E-state index in [2.05, 4.69) is 20.2 Å². The zero-order valence-corrected chi connectivity index (χ0v) is 14.0. The smallest absolute Gasteiger partial charge is 0.182 e. The number of morpholine rings is 1. The molecular formula is C18H21N5O2. The molecule has 130 valence electrons. The molecule has 0 saturated carbocycles. The lowest BCUT2D eigenvalue weighted by molar-refractivity contribution is 0.0322. The van der Waals surface area contributed by atoms with Crippen molar-refractivity contribution < 1.29 is 9.47 Å². The highest BCUT2D eigenvalue weighted by molar-refractivity contribution is 5.47. The van der Waals surface area contributed by atoms with Crippen LogP contribution in [0.4, 0.5) is 5.82 Å². The lowest BCUT2D eigenvalue weighted by Gasteiger charge is -2.26. The molecule has 0 unspecified atom stereocenters. The van der Waals surface area contributed by atoms with Crippen LogP contribution in [-0.4, -0.2) is 54.3 Å². The molecule has 0 bridgehead atoms. The Morgan fingerprint density at radius 1 is 1.24 bits per heavy atom. The molecule has 1 aliphatic rings. The molecule has 3 rings (SSSR count). The Kier molecular flexibility index (Phi) is 6.15. The summed E-state index contributed by atoms with van der Waals surface area (Å²) in [4.78, 5) is 10.5. The quantitative estimate of drug-likeness (QED) is 0.821. The highest BCUT2D eigenvalue weighted by atomic mass is 16.5. The summed E-state index contributed by atoms with van der Waals surface area (Å²) in [6, 6.07) is 9.94. The minimum atomic E-state index is 0.292. The van der Waals surface area contributed by atoms with E-state index in [1.54, 1.807) is 6.20 Å². The van der Waals surface area contributed by atoms with Crippen LogP contribution in [-0.2, 0) is 11.3 Å². The topological polar surface area (TPSA) is 83.3 Å². The van der Waals surface area contributed by atoms with Gasteiger partial charge in [-0.15, -0.1) is 0 Å². The van der Waals surface area contributed by atoms with Crippen LogP contribution < -0.4 is 10.1 Å². The molecule has 7 heteroatoms. The summed E-state index contributed by atoms with van der Waals surface area (Å²) in [7, 11) is 0. The van der Waals surface area contributed by atoms with Crippen LogP contribution in [0.25, 0.3) is 0 Å². The third-order valence-electron chi connectivity index (χ3n) is 3.94. The summed E-state index contributed by atoms with van der Waals surface area (Å²) >= 11 is 0. The Balaban J connectivity index is 1.50. The number of benzene rings is 1. The second-order valence-electron chi connectivity index (χ2n) is 5.67. The standard InChI is InChI=1S/C18H21N5O2/c19-13-17-18(21-5-4-20-17)22-14-15-2-1-3-16(12-15)25-11-8-23-6-9-24-10-7-23/h1-5,12H,6-11,14H2,(H,21,22). The van der Waals surface area contributed by atoms with Gasteiger partial charge in [-0.2, -0.15) is 5.26 Å². The number of ether oxygens (including phenoxy) is 2. The van der Waals surface area contributed by atoms with E-state index >= 15 is 0 Å². The van der Waals surface area contributed by atoms with Crippen LogP contribution in [0.1, 0.15) is 11.3 Å². The van der Waals surface area contributed by atoms with E-state index in [1.807, 2.05) is 30.3 Å². The monoisotopic (exact) mass is 339 g/mol. The second-order valence-corrected chi connectivity index (χ2v) is 5.67. The molecule has 0 atom stereocenters. The van der Waals surface area contributed by atoms with Crippen molar-refractivity contribution in [3.63, 3.8) is 0 Å². The van der Waals surface area contributed by atoms with Crippen molar-refractivity contribution in [2.45, 2.75) is 6.54 Å². The highest BCUT2D eigenvalue weighted by Crippen LogP contribution is 2.15. The first-order chi connectivity index (χ1) is 12.3. The largest absolute Gasteiger partial charge is 0.492 e. The van der Waals surface area contributed by atoms with Crippen molar-refractivity contribution in [1.29, 1.82) is 5.26 Å². The van der Waals surface area contributed by atoms with Gasteiger partial charge in [0, 0.05) is 38.6 Å². The zero-order valence-electron chi connectivity index (χ0n) is 14.0. The summed E-state index contributed by atoms with van der Waals surface area (Å²) in [5.41, 5.74) is 1.35. The van der Waals surface area contributed by atoms with E-state index in [4.69, 9.17) is 14.7 Å². The van der Waals surface area contributed by atoms with Gasteiger partial charge in [0.25, 0.3) is 0 Å². The van der Waals surface area contributed by atoms with Crippen LogP contribution in [0.5, 0.6) is 5.75 Å². The third-order valence-corrected chi connectivity index (χ3v) is 3.94. The molecule has 2 heterocycles. The number of nitrogens with zero attached hydrogens (tertiary/aromatic N) is 4. The minimum absolute atomic E-state index is 0.292. The molecule has 0 aliphatic carbocycles. The molecule has 7 nitrogen and oxygen atoms in total. The van der Waals surface area contributed by atoms with Gasteiger partial charge >= 0.3 is 0 Å². The molecule has 25 heavy (non-hydrogen) atoms. The predicted molar refractivity (Wildman–Crippen MR) is 93.3 cm³/mol. The summed E-state index contributed by atoms with van der Waals surface area (Å²) < 4.78 is 11.2. The number of hydrogen-bond donors (Lipinski definition) is 1. The molecule has 0 spiro atoms. The number of aromatic nitrogens is 2. The van der Waals surface area contributed by atoms with Crippen LogP contribution in [0.3, 0.4) is 0 Å². The Hall–Kier alpha value is -2.69. The van der Waals surface area contributed by atoms with Crippen molar-refractivity contribution in [2.75, 3.05) is 44.8 Å². The first kappa shape index (κ1) is 17.1.